The standard InChI is InChI=1S/C21H21N3O2S/c1-14(2)18(23-19(25)16-11-7-4-8-12-16)20(26)24-21-22-17(13-27-21)15-9-5-3-6-10-15/h3-14,18H,1-2H3,(H,23,25)(H,22,24,26)/t18-/m0/s1. The Morgan fingerprint density at radius 3 is 2.22 bits per heavy atom. The van der Waals surface area contributed by atoms with Crippen LogP contribution >= 0.6 is 11.3 Å². The summed E-state index contributed by atoms with van der Waals surface area (Å²) in [6.07, 6.45) is 0. The molecule has 0 aliphatic heterocycles. The van der Waals surface area contributed by atoms with Crippen LogP contribution in [0.5, 0.6) is 0 Å². The fraction of sp³-hybridized carbons (Fsp3) is 0.190. The van der Waals surface area contributed by atoms with Gasteiger partial charge in [-0.15, -0.1) is 11.3 Å². The van der Waals surface area contributed by atoms with Crippen molar-refractivity contribution in [3.05, 3.63) is 71.6 Å². The van der Waals surface area contributed by atoms with Gasteiger partial charge in [0.05, 0.1) is 5.69 Å². The molecule has 6 heteroatoms. The summed E-state index contributed by atoms with van der Waals surface area (Å²) in [4.78, 5) is 29.6. The van der Waals surface area contributed by atoms with Crippen LogP contribution in [0.3, 0.4) is 0 Å². The number of hydrogen-bond acceptors (Lipinski definition) is 4. The second kappa shape index (κ2) is 8.60. The second-order valence-electron chi connectivity index (χ2n) is 6.45. The normalized spacial score (nSPS) is 11.8. The molecule has 138 valence electrons. The summed E-state index contributed by atoms with van der Waals surface area (Å²) in [7, 11) is 0. The van der Waals surface area contributed by atoms with Gasteiger partial charge < -0.3 is 10.6 Å². The minimum atomic E-state index is -0.651. The smallest absolute Gasteiger partial charge is 0.251 e. The second-order valence-corrected chi connectivity index (χ2v) is 7.31. The van der Waals surface area contributed by atoms with Gasteiger partial charge in [0.25, 0.3) is 5.91 Å². The van der Waals surface area contributed by atoms with Crippen molar-refractivity contribution in [3.8, 4) is 11.3 Å². The highest BCUT2D eigenvalue weighted by Crippen LogP contribution is 2.24. The lowest BCUT2D eigenvalue weighted by atomic mass is 10.0. The van der Waals surface area contributed by atoms with Crippen molar-refractivity contribution in [2.24, 2.45) is 5.92 Å². The summed E-state index contributed by atoms with van der Waals surface area (Å²) in [5, 5.41) is 8.05. The van der Waals surface area contributed by atoms with Crippen molar-refractivity contribution >= 4 is 28.3 Å². The van der Waals surface area contributed by atoms with Gasteiger partial charge in [-0.2, -0.15) is 0 Å². The SMILES string of the molecule is CC(C)[C@H](NC(=O)c1ccccc1)C(=O)Nc1nc(-c2ccccc2)cs1. The molecule has 0 fully saturated rings. The van der Waals surface area contributed by atoms with Crippen LogP contribution in [-0.2, 0) is 4.79 Å². The molecule has 1 aromatic heterocycles. The first-order valence-electron chi connectivity index (χ1n) is 8.72. The molecule has 0 spiro atoms. The highest BCUT2D eigenvalue weighted by Gasteiger charge is 2.25. The predicted molar refractivity (Wildman–Crippen MR) is 109 cm³/mol. The van der Waals surface area contributed by atoms with E-state index in [4.69, 9.17) is 0 Å². The molecule has 0 aliphatic rings. The van der Waals surface area contributed by atoms with E-state index in [2.05, 4.69) is 15.6 Å². The Labute approximate surface area is 162 Å². The molecule has 5 nitrogen and oxygen atoms in total. The Kier molecular flexibility index (Phi) is 5.98. The number of rotatable bonds is 6. The van der Waals surface area contributed by atoms with E-state index in [1.54, 1.807) is 24.3 Å². The van der Waals surface area contributed by atoms with Gasteiger partial charge in [-0.3, -0.25) is 9.59 Å². The molecule has 1 heterocycles. The minimum absolute atomic E-state index is 0.0637. The Hall–Kier alpha value is -2.99. The molecule has 0 saturated carbocycles. The van der Waals surface area contributed by atoms with E-state index < -0.39 is 6.04 Å². The molecule has 2 amide bonds. The molecule has 0 aliphatic carbocycles. The Balaban J connectivity index is 1.69. The maximum Gasteiger partial charge on any atom is 0.251 e. The fourth-order valence-electron chi connectivity index (χ4n) is 2.60. The molecule has 0 bridgehead atoms. The third kappa shape index (κ3) is 4.80. The molecule has 0 unspecified atom stereocenters. The van der Waals surface area contributed by atoms with Crippen molar-refractivity contribution in [3.63, 3.8) is 0 Å². The molecular formula is C21H21N3O2S. The summed E-state index contributed by atoms with van der Waals surface area (Å²) < 4.78 is 0. The van der Waals surface area contributed by atoms with Gasteiger partial charge >= 0.3 is 0 Å². The summed E-state index contributed by atoms with van der Waals surface area (Å²) >= 11 is 1.36. The number of nitrogens with one attached hydrogen (secondary N) is 2. The zero-order chi connectivity index (χ0) is 19.2. The molecule has 3 aromatic rings. The Morgan fingerprint density at radius 2 is 1.59 bits per heavy atom. The maximum absolute atomic E-state index is 12.7. The summed E-state index contributed by atoms with van der Waals surface area (Å²) in [6, 6.07) is 18.0. The van der Waals surface area contributed by atoms with E-state index in [1.165, 1.54) is 11.3 Å². The van der Waals surface area contributed by atoms with Crippen LogP contribution in [0, 0.1) is 5.92 Å². The van der Waals surface area contributed by atoms with Crippen LogP contribution in [0.25, 0.3) is 11.3 Å². The van der Waals surface area contributed by atoms with E-state index in [-0.39, 0.29) is 17.7 Å². The van der Waals surface area contributed by atoms with Gasteiger partial charge in [0, 0.05) is 16.5 Å². The first-order valence-corrected chi connectivity index (χ1v) is 9.60. The van der Waals surface area contributed by atoms with E-state index in [1.807, 2.05) is 55.6 Å². The lowest BCUT2D eigenvalue weighted by Crippen LogP contribution is -2.47. The highest BCUT2D eigenvalue weighted by molar-refractivity contribution is 7.14. The molecule has 0 saturated heterocycles. The molecule has 2 N–H and O–H groups in total. The largest absolute Gasteiger partial charge is 0.340 e. The first kappa shape index (κ1) is 18.8. The third-order valence-electron chi connectivity index (χ3n) is 4.08. The number of carbonyl (C=O) groups excluding carboxylic acids is 2. The number of nitrogens with zero attached hydrogens (tertiary/aromatic N) is 1. The Bertz CT molecular complexity index is 907. The summed E-state index contributed by atoms with van der Waals surface area (Å²) in [5.74, 6) is -0.608. The first-order chi connectivity index (χ1) is 13.0. The van der Waals surface area contributed by atoms with Crippen LogP contribution in [0.2, 0.25) is 0 Å². The van der Waals surface area contributed by atoms with Crippen molar-refractivity contribution in [2.45, 2.75) is 19.9 Å². The number of aromatic nitrogens is 1. The van der Waals surface area contributed by atoms with E-state index in [0.29, 0.717) is 10.7 Å². The molecule has 2 aromatic carbocycles. The number of amides is 2. The van der Waals surface area contributed by atoms with Gasteiger partial charge in [-0.05, 0) is 18.1 Å². The van der Waals surface area contributed by atoms with Crippen molar-refractivity contribution in [1.29, 1.82) is 0 Å². The van der Waals surface area contributed by atoms with Crippen molar-refractivity contribution < 1.29 is 9.59 Å². The highest BCUT2D eigenvalue weighted by atomic mass is 32.1. The quantitative estimate of drug-likeness (QED) is 0.674. The van der Waals surface area contributed by atoms with Crippen LogP contribution in [0.1, 0.15) is 24.2 Å². The molecule has 0 radical (unpaired) electrons. The molecular weight excluding hydrogens is 358 g/mol. The van der Waals surface area contributed by atoms with Gasteiger partial charge in [-0.1, -0.05) is 62.4 Å². The van der Waals surface area contributed by atoms with Gasteiger partial charge in [-0.25, -0.2) is 4.98 Å². The zero-order valence-electron chi connectivity index (χ0n) is 15.2. The van der Waals surface area contributed by atoms with Crippen LogP contribution in [0.4, 0.5) is 5.13 Å². The molecule has 1 atom stereocenters. The van der Waals surface area contributed by atoms with Gasteiger partial charge in [0.2, 0.25) is 5.91 Å². The molecule has 3 rings (SSSR count). The number of hydrogen-bond donors (Lipinski definition) is 2. The van der Waals surface area contributed by atoms with Crippen LogP contribution in [-0.4, -0.2) is 22.8 Å². The third-order valence-corrected chi connectivity index (χ3v) is 4.83. The van der Waals surface area contributed by atoms with Gasteiger partial charge in [0.1, 0.15) is 6.04 Å². The zero-order valence-corrected chi connectivity index (χ0v) is 16.0. The number of thiazole rings is 1. The topological polar surface area (TPSA) is 71.1 Å². The number of carbonyl (C=O) groups is 2. The summed E-state index contributed by atoms with van der Waals surface area (Å²) in [6.45, 7) is 3.79. The Morgan fingerprint density at radius 1 is 0.963 bits per heavy atom. The minimum Gasteiger partial charge on any atom is -0.340 e. The van der Waals surface area contributed by atoms with E-state index in [0.717, 1.165) is 11.3 Å². The maximum atomic E-state index is 12.7. The number of anilines is 1. The van der Waals surface area contributed by atoms with E-state index in [9.17, 15) is 9.59 Å². The van der Waals surface area contributed by atoms with Crippen LogP contribution < -0.4 is 10.6 Å². The number of benzene rings is 2. The predicted octanol–water partition coefficient (Wildman–Crippen LogP) is 4.20. The fourth-order valence-corrected chi connectivity index (χ4v) is 3.33. The van der Waals surface area contributed by atoms with Gasteiger partial charge in [0.15, 0.2) is 5.13 Å². The van der Waals surface area contributed by atoms with E-state index >= 15 is 0 Å². The molecule has 27 heavy (non-hydrogen) atoms. The van der Waals surface area contributed by atoms with Crippen molar-refractivity contribution in [1.82, 2.24) is 10.3 Å². The summed E-state index contributed by atoms with van der Waals surface area (Å²) in [5.41, 5.74) is 2.33. The monoisotopic (exact) mass is 379 g/mol. The van der Waals surface area contributed by atoms with Crippen LogP contribution in [0.15, 0.2) is 66.0 Å². The lowest BCUT2D eigenvalue weighted by molar-refractivity contribution is -0.118. The lowest BCUT2D eigenvalue weighted by Gasteiger charge is -2.21. The average Bonchev–Trinajstić information content (AvgIpc) is 3.15. The van der Waals surface area contributed by atoms with Crippen molar-refractivity contribution in [2.75, 3.05) is 5.32 Å². The average molecular weight is 379 g/mol.